The molecule has 1 amide bonds. The van der Waals surface area contributed by atoms with Crippen LogP contribution < -0.4 is 5.32 Å². The molecule has 0 fully saturated rings. The molecule has 1 aromatic heterocycles. The third-order valence-electron chi connectivity index (χ3n) is 3.46. The van der Waals surface area contributed by atoms with Crippen LogP contribution in [-0.2, 0) is 0 Å². The maximum absolute atomic E-state index is 12.9. The van der Waals surface area contributed by atoms with E-state index >= 15 is 0 Å². The second-order valence-electron chi connectivity index (χ2n) is 5.35. The highest BCUT2D eigenvalue weighted by Crippen LogP contribution is 2.17. The molecule has 3 aromatic rings. The molecule has 0 aliphatic carbocycles. The molecule has 0 aliphatic heterocycles. The highest BCUT2D eigenvalue weighted by Gasteiger charge is 2.08. The number of anilines is 1. The first-order chi connectivity index (χ1) is 11.0. The van der Waals surface area contributed by atoms with Gasteiger partial charge < -0.3 is 5.32 Å². The Balaban J connectivity index is 1.84. The predicted molar refractivity (Wildman–Crippen MR) is 87.4 cm³/mol. The summed E-state index contributed by atoms with van der Waals surface area (Å²) in [6.45, 7) is 3.91. The van der Waals surface area contributed by atoms with Crippen LogP contribution >= 0.6 is 0 Å². The van der Waals surface area contributed by atoms with Crippen molar-refractivity contribution in [2.45, 2.75) is 13.8 Å². The van der Waals surface area contributed by atoms with Gasteiger partial charge in [-0.1, -0.05) is 6.07 Å². The molecule has 4 nitrogen and oxygen atoms in total. The number of halogens is 1. The quantitative estimate of drug-likeness (QED) is 0.798. The van der Waals surface area contributed by atoms with E-state index in [1.807, 2.05) is 42.8 Å². The number of nitrogens with one attached hydrogen (secondary N) is 1. The highest BCUT2D eigenvalue weighted by atomic mass is 19.1. The van der Waals surface area contributed by atoms with Gasteiger partial charge in [0.2, 0.25) is 0 Å². The molecule has 0 atom stereocenters. The summed E-state index contributed by atoms with van der Waals surface area (Å²) in [5.74, 6) is -0.649. The molecule has 0 saturated carbocycles. The average Bonchev–Trinajstić information content (AvgIpc) is 2.87. The molecular weight excluding hydrogens is 293 g/mol. The summed E-state index contributed by atoms with van der Waals surface area (Å²) in [7, 11) is 0. The molecular formula is C18H16FN3O. The lowest BCUT2D eigenvalue weighted by atomic mass is 10.2. The van der Waals surface area contributed by atoms with Crippen LogP contribution in [0, 0.1) is 19.7 Å². The Hall–Kier alpha value is -2.95. The van der Waals surface area contributed by atoms with Gasteiger partial charge in [0, 0.05) is 16.9 Å². The molecule has 0 saturated heterocycles. The summed E-state index contributed by atoms with van der Waals surface area (Å²) in [6.07, 6.45) is 0. The number of benzene rings is 2. The van der Waals surface area contributed by atoms with Gasteiger partial charge in [0.05, 0.1) is 11.4 Å². The largest absolute Gasteiger partial charge is 0.322 e. The van der Waals surface area contributed by atoms with Gasteiger partial charge >= 0.3 is 0 Å². The lowest BCUT2D eigenvalue weighted by molar-refractivity contribution is 0.102. The Morgan fingerprint density at radius 2 is 1.83 bits per heavy atom. The van der Waals surface area contributed by atoms with E-state index in [1.165, 1.54) is 24.3 Å². The topological polar surface area (TPSA) is 46.9 Å². The van der Waals surface area contributed by atoms with Crippen LogP contribution in [0.2, 0.25) is 0 Å². The first-order valence-corrected chi connectivity index (χ1v) is 7.23. The third-order valence-corrected chi connectivity index (χ3v) is 3.46. The summed E-state index contributed by atoms with van der Waals surface area (Å²) in [4.78, 5) is 12.2. The number of aromatic nitrogens is 2. The van der Waals surface area contributed by atoms with Crippen LogP contribution in [-0.4, -0.2) is 15.7 Å². The van der Waals surface area contributed by atoms with E-state index in [0.29, 0.717) is 11.3 Å². The minimum atomic E-state index is -0.368. The van der Waals surface area contributed by atoms with Gasteiger partial charge in [0.15, 0.2) is 0 Å². The fourth-order valence-corrected chi connectivity index (χ4v) is 2.41. The molecule has 1 N–H and O–H groups in total. The van der Waals surface area contributed by atoms with Crippen molar-refractivity contribution in [2.75, 3.05) is 5.32 Å². The predicted octanol–water partition coefficient (Wildman–Crippen LogP) is 3.88. The van der Waals surface area contributed by atoms with Gasteiger partial charge in [-0.25, -0.2) is 9.07 Å². The zero-order chi connectivity index (χ0) is 16.4. The van der Waals surface area contributed by atoms with Crippen LogP contribution in [0.15, 0.2) is 54.6 Å². The summed E-state index contributed by atoms with van der Waals surface area (Å²) in [5, 5.41) is 7.24. The maximum Gasteiger partial charge on any atom is 0.255 e. The van der Waals surface area contributed by atoms with Crippen molar-refractivity contribution in [2.24, 2.45) is 0 Å². The standard InChI is InChI=1S/C18H16FN3O/c1-12-10-13(2)22(21-12)17-5-3-4-16(11-17)20-18(23)14-6-8-15(19)9-7-14/h3-11H,1-2H3,(H,20,23). The van der Waals surface area contributed by atoms with Gasteiger partial charge in [-0.15, -0.1) is 0 Å². The number of rotatable bonds is 3. The van der Waals surface area contributed by atoms with Crippen LogP contribution in [0.1, 0.15) is 21.7 Å². The van der Waals surface area contributed by atoms with Crippen molar-refractivity contribution in [1.29, 1.82) is 0 Å². The van der Waals surface area contributed by atoms with E-state index in [1.54, 1.807) is 6.07 Å². The van der Waals surface area contributed by atoms with Crippen LogP contribution in [0.3, 0.4) is 0 Å². The van der Waals surface area contributed by atoms with Gasteiger partial charge in [0.25, 0.3) is 5.91 Å². The molecule has 3 rings (SSSR count). The summed E-state index contributed by atoms with van der Waals surface area (Å²) >= 11 is 0. The van der Waals surface area contributed by atoms with Crippen LogP contribution in [0.4, 0.5) is 10.1 Å². The van der Waals surface area contributed by atoms with Crippen molar-refractivity contribution in [3.05, 3.63) is 77.4 Å². The highest BCUT2D eigenvalue weighted by molar-refractivity contribution is 6.04. The first-order valence-electron chi connectivity index (χ1n) is 7.23. The molecule has 2 aromatic carbocycles. The monoisotopic (exact) mass is 309 g/mol. The van der Waals surface area contributed by atoms with Crippen LogP contribution in [0.25, 0.3) is 5.69 Å². The number of nitrogens with zero attached hydrogens (tertiary/aromatic N) is 2. The van der Waals surface area contributed by atoms with E-state index in [0.717, 1.165) is 17.1 Å². The Morgan fingerprint density at radius 1 is 1.09 bits per heavy atom. The third kappa shape index (κ3) is 3.29. The average molecular weight is 309 g/mol. The Morgan fingerprint density at radius 3 is 2.48 bits per heavy atom. The molecule has 0 bridgehead atoms. The molecule has 116 valence electrons. The lowest BCUT2D eigenvalue weighted by Gasteiger charge is -2.09. The molecule has 23 heavy (non-hydrogen) atoms. The lowest BCUT2D eigenvalue weighted by Crippen LogP contribution is -2.12. The van der Waals surface area contributed by atoms with Gasteiger partial charge in [-0.2, -0.15) is 5.10 Å². The summed E-state index contributed by atoms with van der Waals surface area (Å²) in [5.41, 5.74) is 3.88. The van der Waals surface area contributed by atoms with Crippen molar-refractivity contribution in [3.8, 4) is 5.69 Å². The van der Waals surface area contributed by atoms with E-state index in [2.05, 4.69) is 10.4 Å². The second-order valence-corrected chi connectivity index (χ2v) is 5.35. The normalized spacial score (nSPS) is 10.6. The molecule has 5 heteroatoms. The van der Waals surface area contributed by atoms with E-state index in [4.69, 9.17) is 0 Å². The number of amides is 1. The smallest absolute Gasteiger partial charge is 0.255 e. The summed E-state index contributed by atoms with van der Waals surface area (Å²) < 4.78 is 14.7. The molecule has 0 aliphatic rings. The molecule has 0 spiro atoms. The maximum atomic E-state index is 12.9. The molecule has 0 unspecified atom stereocenters. The Kier molecular flexibility index (Phi) is 3.93. The van der Waals surface area contributed by atoms with E-state index < -0.39 is 0 Å². The molecule has 1 heterocycles. The van der Waals surface area contributed by atoms with Gasteiger partial charge in [0.1, 0.15) is 5.82 Å². The van der Waals surface area contributed by atoms with Crippen molar-refractivity contribution >= 4 is 11.6 Å². The number of aryl methyl sites for hydroxylation is 2. The van der Waals surface area contributed by atoms with Crippen LogP contribution in [0.5, 0.6) is 0 Å². The summed E-state index contributed by atoms with van der Waals surface area (Å²) in [6, 6.07) is 14.9. The number of hydrogen-bond acceptors (Lipinski definition) is 2. The minimum absolute atomic E-state index is 0.282. The minimum Gasteiger partial charge on any atom is -0.322 e. The van der Waals surface area contributed by atoms with Gasteiger partial charge in [-0.05, 0) is 62.4 Å². The van der Waals surface area contributed by atoms with Gasteiger partial charge in [-0.3, -0.25) is 4.79 Å². The second kappa shape index (κ2) is 6.04. The fraction of sp³-hybridized carbons (Fsp3) is 0.111. The van der Waals surface area contributed by atoms with Crippen molar-refractivity contribution in [1.82, 2.24) is 9.78 Å². The van der Waals surface area contributed by atoms with Crippen molar-refractivity contribution in [3.63, 3.8) is 0 Å². The fourth-order valence-electron chi connectivity index (χ4n) is 2.41. The number of carbonyl (C=O) groups excluding carboxylic acids is 1. The molecule has 0 radical (unpaired) electrons. The van der Waals surface area contributed by atoms with Crippen molar-refractivity contribution < 1.29 is 9.18 Å². The first kappa shape index (κ1) is 15.0. The SMILES string of the molecule is Cc1cc(C)n(-c2cccc(NC(=O)c3ccc(F)cc3)c2)n1. The number of hydrogen-bond donors (Lipinski definition) is 1. The Labute approximate surface area is 133 Å². The zero-order valence-corrected chi connectivity index (χ0v) is 12.9. The number of carbonyl (C=O) groups is 1. The Bertz CT molecular complexity index is 853. The zero-order valence-electron chi connectivity index (χ0n) is 12.9. The van der Waals surface area contributed by atoms with E-state index in [-0.39, 0.29) is 11.7 Å². The van der Waals surface area contributed by atoms with E-state index in [9.17, 15) is 9.18 Å².